The topological polar surface area (TPSA) is 20.2 Å². The number of phenols is 1. The van der Waals surface area contributed by atoms with Gasteiger partial charge in [0.05, 0.1) is 0 Å². The number of aromatic hydroxyl groups is 1. The molecule has 0 aliphatic carbocycles. The van der Waals surface area contributed by atoms with Gasteiger partial charge in [-0.25, -0.2) is 0 Å². The quantitative estimate of drug-likeness (QED) is 0.800. The maximum absolute atomic E-state index is 9.75. The van der Waals surface area contributed by atoms with E-state index in [4.69, 9.17) is 0 Å². The van der Waals surface area contributed by atoms with Gasteiger partial charge in [0.1, 0.15) is 5.75 Å². The summed E-state index contributed by atoms with van der Waals surface area (Å²) in [6.45, 7) is 4.40. The third kappa shape index (κ3) is 1.90. The van der Waals surface area contributed by atoms with Gasteiger partial charge in [0, 0.05) is 0 Å². The van der Waals surface area contributed by atoms with Gasteiger partial charge in [-0.1, -0.05) is 38.1 Å². The van der Waals surface area contributed by atoms with E-state index in [0.717, 1.165) is 18.2 Å². The molecule has 84 valence electrons. The highest BCUT2D eigenvalue weighted by atomic mass is 16.3. The van der Waals surface area contributed by atoms with Crippen molar-refractivity contribution in [1.29, 1.82) is 0 Å². The van der Waals surface area contributed by atoms with Gasteiger partial charge in [-0.15, -0.1) is 0 Å². The van der Waals surface area contributed by atoms with Crippen LogP contribution in [-0.4, -0.2) is 5.11 Å². The van der Waals surface area contributed by atoms with Crippen molar-refractivity contribution in [3.8, 4) is 5.75 Å². The molecule has 1 heteroatoms. The summed E-state index contributed by atoms with van der Waals surface area (Å²) in [4.78, 5) is 0. The van der Waals surface area contributed by atoms with E-state index in [0.29, 0.717) is 11.7 Å². The Morgan fingerprint density at radius 1 is 1.06 bits per heavy atom. The van der Waals surface area contributed by atoms with Gasteiger partial charge < -0.3 is 5.11 Å². The third-order valence-electron chi connectivity index (χ3n) is 3.30. The predicted molar refractivity (Wildman–Crippen MR) is 68.9 cm³/mol. The molecule has 0 aromatic heterocycles. The average Bonchev–Trinajstić information content (AvgIpc) is 2.30. The SMILES string of the molecule is CCC(CC)c1cc(O)cc2ccccc12. The van der Waals surface area contributed by atoms with E-state index < -0.39 is 0 Å². The van der Waals surface area contributed by atoms with Crippen molar-refractivity contribution in [2.75, 3.05) is 0 Å². The van der Waals surface area contributed by atoms with E-state index in [9.17, 15) is 5.11 Å². The third-order valence-corrected chi connectivity index (χ3v) is 3.30. The Bertz CT molecular complexity index is 484. The van der Waals surface area contributed by atoms with Crippen molar-refractivity contribution >= 4 is 10.8 Å². The fourth-order valence-corrected chi connectivity index (χ4v) is 2.39. The molecule has 0 amide bonds. The van der Waals surface area contributed by atoms with Crippen LogP contribution in [0.4, 0.5) is 0 Å². The fourth-order valence-electron chi connectivity index (χ4n) is 2.39. The Kier molecular flexibility index (Phi) is 3.14. The lowest BCUT2D eigenvalue weighted by atomic mass is 9.89. The Hall–Kier alpha value is -1.50. The van der Waals surface area contributed by atoms with Crippen LogP contribution in [0.5, 0.6) is 5.75 Å². The van der Waals surface area contributed by atoms with Gasteiger partial charge in [-0.05, 0) is 47.2 Å². The van der Waals surface area contributed by atoms with E-state index in [2.05, 4.69) is 32.0 Å². The average molecular weight is 214 g/mol. The van der Waals surface area contributed by atoms with Gasteiger partial charge in [-0.3, -0.25) is 0 Å². The molecule has 1 N–H and O–H groups in total. The van der Waals surface area contributed by atoms with Crippen LogP contribution in [0.1, 0.15) is 38.2 Å². The summed E-state index contributed by atoms with van der Waals surface area (Å²) in [5.41, 5.74) is 1.28. The normalized spacial score (nSPS) is 11.2. The van der Waals surface area contributed by atoms with Crippen LogP contribution in [0, 0.1) is 0 Å². The number of hydrogen-bond donors (Lipinski definition) is 1. The molecule has 0 unspecified atom stereocenters. The van der Waals surface area contributed by atoms with Crippen molar-refractivity contribution in [2.24, 2.45) is 0 Å². The van der Waals surface area contributed by atoms with E-state index in [1.165, 1.54) is 10.9 Å². The smallest absolute Gasteiger partial charge is 0.116 e. The van der Waals surface area contributed by atoms with Crippen molar-refractivity contribution in [1.82, 2.24) is 0 Å². The molecule has 0 spiro atoms. The lowest BCUT2D eigenvalue weighted by Crippen LogP contribution is -1.96. The first-order valence-corrected chi connectivity index (χ1v) is 5.98. The number of rotatable bonds is 3. The van der Waals surface area contributed by atoms with Crippen LogP contribution in [0.15, 0.2) is 36.4 Å². The summed E-state index contributed by atoms with van der Waals surface area (Å²) in [7, 11) is 0. The summed E-state index contributed by atoms with van der Waals surface area (Å²) in [6.07, 6.45) is 2.23. The molecular weight excluding hydrogens is 196 g/mol. The van der Waals surface area contributed by atoms with Crippen LogP contribution in [0.3, 0.4) is 0 Å². The zero-order chi connectivity index (χ0) is 11.5. The Labute approximate surface area is 96.7 Å². The lowest BCUT2D eigenvalue weighted by molar-refractivity contribution is 0.474. The molecule has 16 heavy (non-hydrogen) atoms. The first kappa shape index (κ1) is 11.0. The lowest BCUT2D eigenvalue weighted by Gasteiger charge is -2.16. The number of benzene rings is 2. The maximum atomic E-state index is 9.75. The van der Waals surface area contributed by atoms with Crippen molar-refractivity contribution in [3.05, 3.63) is 42.0 Å². The second kappa shape index (κ2) is 4.56. The molecule has 0 aliphatic rings. The number of hydrogen-bond acceptors (Lipinski definition) is 1. The Balaban J connectivity index is 2.66. The van der Waals surface area contributed by atoms with Gasteiger partial charge >= 0.3 is 0 Å². The minimum Gasteiger partial charge on any atom is -0.508 e. The van der Waals surface area contributed by atoms with Crippen LogP contribution in [0.2, 0.25) is 0 Å². The van der Waals surface area contributed by atoms with Crippen molar-refractivity contribution < 1.29 is 5.11 Å². The summed E-state index contributed by atoms with van der Waals surface area (Å²) in [5, 5.41) is 12.2. The van der Waals surface area contributed by atoms with Gasteiger partial charge in [0.15, 0.2) is 0 Å². The first-order chi connectivity index (χ1) is 7.76. The molecule has 2 aromatic rings. The predicted octanol–water partition coefficient (Wildman–Crippen LogP) is 4.45. The summed E-state index contributed by atoms with van der Waals surface area (Å²) in [6, 6.07) is 12.0. The van der Waals surface area contributed by atoms with E-state index in [1.54, 1.807) is 0 Å². The van der Waals surface area contributed by atoms with Crippen LogP contribution >= 0.6 is 0 Å². The molecule has 0 bridgehead atoms. The first-order valence-electron chi connectivity index (χ1n) is 5.98. The number of fused-ring (bicyclic) bond motifs is 1. The Morgan fingerprint density at radius 3 is 2.44 bits per heavy atom. The van der Waals surface area contributed by atoms with E-state index >= 15 is 0 Å². The van der Waals surface area contributed by atoms with Crippen molar-refractivity contribution in [3.63, 3.8) is 0 Å². The summed E-state index contributed by atoms with van der Waals surface area (Å²) in [5.74, 6) is 0.914. The van der Waals surface area contributed by atoms with E-state index in [-0.39, 0.29) is 0 Å². The molecule has 0 saturated heterocycles. The highest BCUT2D eigenvalue weighted by Gasteiger charge is 2.11. The van der Waals surface area contributed by atoms with Gasteiger partial charge in [-0.2, -0.15) is 0 Å². The maximum Gasteiger partial charge on any atom is 0.116 e. The zero-order valence-electron chi connectivity index (χ0n) is 9.90. The molecule has 1 nitrogen and oxygen atoms in total. The van der Waals surface area contributed by atoms with Crippen LogP contribution in [-0.2, 0) is 0 Å². The number of phenolic OH excluding ortho intramolecular Hbond substituents is 1. The molecule has 0 saturated carbocycles. The molecule has 0 atom stereocenters. The second-order valence-corrected chi connectivity index (χ2v) is 4.27. The molecular formula is C15H18O. The van der Waals surface area contributed by atoms with Crippen LogP contribution < -0.4 is 0 Å². The molecule has 0 heterocycles. The molecule has 2 rings (SSSR count). The highest BCUT2D eigenvalue weighted by molar-refractivity contribution is 5.87. The minimum absolute atomic E-state index is 0.376. The molecule has 0 aliphatic heterocycles. The highest BCUT2D eigenvalue weighted by Crippen LogP contribution is 2.33. The summed E-state index contributed by atoms with van der Waals surface area (Å²) < 4.78 is 0. The Morgan fingerprint density at radius 2 is 1.75 bits per heavy atom. The molecule has 0 radical (unpaired) electrons. The largest absolute Gasteiger partial charge is 0.508 e. The van der Waals surface area contributed by atoms with Gasteiger partial charge in [0.25, 0.3) is 0 Å². The standard InChI is InChI=1S/C15H18O/c1-3-11(4-2)15-10-13(16)9-12-7-5-6-8-14(12)15/h5-11,16H,3-4H2,1-2H3. The fraction of sp³-hybridized carbons (Fsp3) is 0.333. The monoisotopic (exact) mass is 214 g/mol. The molecule has 2 aromatic carbocycles. The second-order valence-electron chi connectivity index (χ2n) is 4.27. The minimum atomic E-state index is 0.376. The van der Waals surface area contributed by atoms with Gasteiger partial charge in [0.2, 0.25) is 0 Å². The zero-order valence-corrected chi connectivity index (χ0v) is 9.90. The summed E-state index contributed by atoms with van der Waals surface area (Å²) >= 11 is 0. The van der Waals surface area contributed by atoms with Crippen molar-refractivity contribution in [2.45, 2.75) is 32.6 Å². The molecule has 0 fully saturated rings. The van der Waals surface area contributed by atoms with E-state index in [1.807, 2.05) is 18.2 Å². The van der Waals surface area contributed by atoms with Crippen LogP contribution in [0.25, 0.3) is 10.8 Å².